The van der Waals surface area contributed by atoms with Gasteiger partial charge < -0.3 is 5.32 Å². The summed E-state index contributed by atoms with van der Waals surface area (Å²) in [5.74, 6) is 2.74. The van der Waals surface area contributed by atoms with Gasteiger partial charge in [0.05, 0.1) is 0 Å². The molecule has 0 radical (unpaired) electrons. The maximum atomic E-state index is 4.04. The van der Waals surface area contributed by atoms with E-state index in [1.807, 2.05) is 0 Å². The smallest absolute Gasteiger partial charge is 0.0420 e. The van der Waals surface area contributed by atoms with Gasteiger partial charge in [-0.15, -0.1) is 13.2 Å². The highest BCUT2D eigenvalue weighted by Crippen LogP contribution is 2.42. The topological polar surface area (TPSA) is 12.0 Å². The third-order valence-corrected chi connectivity index (χ3v) is 11.0. The standard InChI is InChI=1S/C45H53N/c1-5-29-46-45-28-26-41(39-20-18-37(19-21-39)35-14-9-32(6-2)10-15-35)31-44(45)43-30-34(8-4)13-27-42(43)40-24-22-38(23-25-40)36-16-11-33(7-3)12-17-36/h6-7,13,18-28,30-33,35-36,46H,2-3,5,8-12,14-17,29H2,1,4H3. The van der Waals surface area contributed by atoms with E-state index in [9.17, 15) is 0 Å². The van der Waals surface area contributed by atoms with Crippen LogP contribution in [0.15, 0.2) is 110 Å². The minimum Gasteiger partial charge on any atom is -0.385 e. The summed E-state index contributed by atoms with van der Waals surface area (Å²) < 4.78 is 0. The number of rotatable bonds is 11. The number of anilines is 1. The minimum absolute atomic E-state index is 0.669. The van der Waals surface area contributed by atoms with E-state index in [0.717, 1.165) is 19.4 Å². The van der Waals surface area contributed by atoms with Crippen LogP contribution < -0.4 is 5.32 Å². The first-order chi connectivity index (χ1) is 22.6. The Morgan fingerprint density at radius 1 is 0.565 bits per heavy atom. The lowest BCUT2D eigenvalue weighted by molar-refractivity contribution is 0.376. The molecule has 0 atom stereocenters. The van der Waals surface area contributed by atoms with Crippen molar-refractivity contribution in [2.45, 2.75) is 89.9 Å². The van der Waals surface area contributed by atoms with E-state index >= 15 is 0 Å². The zero-order chi connectivity index (χ0) is 31.9. The molecular formula is C45H53N. The largest absolute Gasteiger partial charge is 0.385 e. The van der Waals surface area contributed by atoms with Gasteiger partial charge in [-0.2, -0.15) is 0 Å². The van der Waals surface area contributed by atoms with Crippen LogP contribution in [-0.2, 0) is 6.42 Å². The van der Waals surface area contributed by atoms with Gasteiger partial charge in [0.25, 0.3) is 0 Å². The van der Waals surface area contributed by atoms with Crippen LogP contribution in [0.5, 0.6) is 0 Å². The lowest BCUT2D eigenvalue weighted by atomic mass is 9.78. The van der Waals surface area contributed by atoms with Crippen LogP contribution in [0.25, 0.3) is 33.4 Å². The van der Waals surface area contributed by atoms with Gasteiger partial charge in [-0.25, -0.2) is 0 Å². The second-order valence-electron chi connectivity index (χ2n) is 13.9. The molecule has 0 bridgehead atoms. The van der Waals surface area contributed by atoms with E-state index in [2.05, 4.69) is 129 Å². The van der Waals surface area contributed by atoms with Crippen molar-refractivity contribution in [3.05, 3.63) is 127 Å². The van der Waals surface area contributed by atoms with E-state index in [4.69, 9.17) is 0 Å². The highest BCUT2D eigenvalue weighted by atomic mass is 14.9. The molecule has 2 fully saturated rings. The molecule has 2 saturated carbocycles. The number of hydrogen-bond acceptors (Lipinski definition) is 1. The molecule has 0 unspecified atom stereocenters. The highest BCUT2D eigenvalue weighted by molar-refractivity contribution is 5.92. The summed E-state index contributed by atoms with van der Waals surface area (Å²) in [5, 5.41) is 3.76. The molecule has 6 rings (SSSR count). The maximum absolute atomic E-state index is 4.04. The van der Waals surface area contributed by atoms with Crippen LogP contribution in [0, 0.1) is 11.8 Å². The van der Waals surface area contributed by atoms with Gasteiger partial charge in [-0.05, 0) is 145 Å². The van der Waals surface area contributed by atoms with E-state index in [1.54, 1.807) is 0 Å². The summed E-state index contributed by atoms with van der Waals surface area (Å²) in [5.41, 5.74) is 13.3. The average molecular weight is 608 g/mol. The van der Waals surface area contributed by atoms with Crippen molar-refractivity contribution in [2.75, 3.05) is 11.9 Å². The third-order valence-electron chi connectivity index (χ3n) is 11.0. The Morgan fingerprint density at radius 3 is 1.63 bits per heavy atom. The SMILES string of the molecule is C=CC1CCC(c2ccc(-c3ccc(NCCC)c(-c4cc(CC)ccc4-c4ccc(C5CCC(C=C)CC5)cc4)c3)cc2)CC1. The first-order valence-corrected chi connectivity index (χ1v) is 18.1. The Hall–Kier alpha value is -3.84. The summed E-state index contributed by atoms with van der Waals surface area (Å²) >= 11 is 0. The van der Waals surface area contributed by atoms with Crippen molar-refractivity contribution in [2.24, 2.45) is 11.8 Å². The zero-order valence-corrected chi connectivity index (χ0v) is 28.2. The van der Waals surface area contributed by atoms with Crippen LogP contribution in [0.1, 0.15) is 100 Å². The fraction of sp³-hybridized carbons (Fsp3) is 0.378. The number of allylic oxidation sites excluding steroid dienone is 2. The van der Waals surface area contributed by atoms with E-state index < -0.39 is 0 Å². The first kappa shape index (κ1) is 32.1. The van der Waals surface area contributed by atoms with Crippen molar-refractivity contribution >= 4 is 5.69 Å². The number of aryl methyl sites for hydroxylation is 1. The molecule has 0 saturated heterocycles. The lowest BCUT2D eigenvalue weighted by Crippen LogP contribution is -2.11. The van der Waals surface area contributed by atoms with Gasteiger partial charge in [-0.1, -0.05) is 98.8 Å². The maximum Gasteiger partial charge on any atom is 0.0420 e. The van der Waals surface area contributed by atoms with Crippen molar-refractivity contribution in [3.8, 4) is 33.4 Å². The monoisotopic (exact) mass is 607 g/mol. The normalized spacial score (nSPS) is 21.4. The van der Waals surface area contributed by atoms with Crippen molar-refractivity contribution in [1.82, 2.24) is 0 Å². The molecule has 0 amide bonds. The molecule has 0 spiro atoms. The predicted molar refractivity (Wildman–Crippen MR) is 201 cm³/mol. The molecular weight excluding hydrogens is 555 g/mol. The van der Waals surface area contributed by atoms with E-state index in [0.29, 0.717) is 23.7 Å². The van der Waals surface area contributed by atoms with Crippen molar-refractivity contribution < 1.29 is 0 Å². The molecule has 1 heteroatoms. The van der Waals surface area contributed by atoms with Gasteiger partial charge in [0, 0.05) is 17.8 Å². The molecule has 46 heavy (non-hydrogen) atoms. The Balaban J connectivity index is 1.33. The Bertz CT molecular complexity index is 1590. The Kier molecular flexibility index (Phi) is 10.6. The summed E-state index contributed by atoms with van der Waals surface area (Å²) in [6, 6.07) is 33.1. The number of nitrogens with one attached hydrogen (secondary N) is 1. The molecule has 4 aromatic rings. The quantitative estimate of drug-likeness (QED) is 0.167. The Labute approximate surface area is 278 Å². The molecule has 238 valence electrons. The number of hydrogen-bond donors (Lipinski definition) is 1. The molecule has 2 aliphatic carbocycles. The van der Waals surface area contributed by atoms with Gasteiger partial charge in [0.15, 0.2) is 0 Å². The summed E-state index contributed by atoms with van der Waals surface area (Å²) in [4.78, 5) is 0. The van der Waals surface area contributed by atoms with Gasteiger partial charge in [0.2, 0.25) is 0 Å². The number of benzene rings is 4. The summed E-state index contributed by atoms with van der Waals surface area (Å²) in [7, 11) is 0. The fourth-order valence-corrected chi connectivity index (χ4v) is 7.91. The van der Waals surface area contributed by atoms with Gasteiger partial charge in [0.1, 0.15) is 0 Å². The molecule has 1 nitrogen and oxygen atoms in total. The minimum atomic E-state index is 0.669. The molecule has 0 heterocycles. The second-order valence-corrected chi connectivity index (χ2v) is 13.9. The Morgan fingerprint density at radius 2 is 1.11 bits per heavy atom. The predicted octanol–water partition coefficient (Wildman–Crippen LogP) is 13.0. The van der Waals surface area contributed by atoms with Crippen LogP contribution in [-0.4, -0.2) is 6.54 Å². The second kappa shape index (κ2) is 15.2. The fourth-order valence-electron chi connectivity index (χ4n) is 7.91. The molecule has 0 aliphatic heterocycles. The zero-order valence-electron chi connectivity index (χ0n) is 28.2. The summed E-state index contributed by atoms with van der Waals surface area (Å²) in [6.07, 6.45) is 16.6. The van der Waals surface area contributed by atoms with Crippen molar-refractivity contribution in [1.29, 1.82) is 0 Å². The average Bonchev–Trinajstić information content (AvgIpc) is 3.14. The van der Waals surface area contributed by atoms with Gasteiger partial charge in [-0.3, -0.25) is 0 Å². The highest BCUT2D eigenvalue weighted by Gasteiger charge is 2.22. The van der Waals surface area contributed by atoms with Crippen LogP contribution in [0.3, 0.4) is 0 Å². The van der Waals surface area contributed by atoms with E-state index in [-0.39, 0.29) is 0 Å². The molecule has 2 aliphatic rings. The van der Waals surface area contributed by atoms with Crippen LogP contribution in [0.2, 0.25) is 0 Å². The van der Waals surface area contributed by atoms with Crippen LogP contribution in [0.4, 0.5) is 5.69 Å². The molecule has 1 N–H and O–H groups in total. The van der Waals surface area contributed by atoms with Gasteiger partial charge >= 0.3 is 0 Å². The molecule has 4 aromatic carbocycles. The lowest BCUT2D eigenvalue weighted by Gasteiger charge is -2.27. The third kappa shape index (κ3) is 7.25. The summed E-state index contributed by atoms with van der Waals surface area (Å²) in [6.45, 7) is 13.5. The van der Waals surface area contributed by atoms with E-state index in [1.165, 1.54) is 107 Å². The van der Waals surface area contributed by atoms with Crippen LogP contribution >= 0.6 is 0 Å². The molecule has 0 aromatic heterocycles. The van der Waals surface area contributed by atoms with Crippen molar-refractivity contribution in [3.63, 3.8) is 0 Å². The first-order valence-electron chi connectivity index (χ1n) is 18.1.